The summed E-state index contributed by atoms with van der Waals surface area (Å²) in [5.74, 6) is 0.959. The molecule has 0 bridgehead atoms. The average molecular weight is 441 g/mol. The number of piperazine rings is 1. The molecule has 5 nitrogen and oxygen atoms in total. The highest BCUT2D eigenvalue weighted by Gasteiger charge is 2.26. The number of benzene rings is 1. The zero-order valence-corrected chi connectivity index (χ0v) is 18.7. The molecule has 4 rings (SSSR count). The van der Waals surface area contributed by atoms with Gasteiger partial charge in [-0.2, -0.15) is 0 Å². The van der Waals surface area contributed by atoms with Crippen LogP contribution in [0.15, 0.2) is 47.2 Å². The van der Waals surface area contributed by atoms with Crippen LogP contribution >= 0.6 is 22.7 Å². The van der Waals surface area contributed by atoms with Gasteiger partial charge in [-0.25, -0.2) is 0 Å². The van der Waals surface area contributed by atoms with Crippen LogP contribution in [0.3, 0.4) is 0 Å². The number of carbonyl (C=O) groups excluding carboxylic acids is 2. The van der Waals surface area contributed by atoms with Crippen LogP contribution in [0.25, 0.3) is 0 Å². The predicted molar refractivity (Wildman–Crippen MR) is 121 cm³/mol. The summed E-state index contributed by atoms with van der Waals surface area (Å²) in [4.78, 5) is 30.5. The highest BCUT2D eigenvalue weighted by Crippen LogP contribution is 2.24. The van der Waals surface area contributed by atoms with Crippen LogP contribution in [-0.4, -0.2) is 47.8 Å². The van der Waals surface area contributed by atoms with Crippen LogP contribution in [0.1, 0.15) is 36.0 Å². The number of rotatable bonds is 5. The number of ether oxygens (including phenoxy) is 1. The van der Waals surface area contributed by atoms with Crippen LogP contribution in [0, 0.1) is 13.8 Å². The molecule has 0 N–H and O–H groups in total. The van der Waals surface area contributed by atoms with E-state index in [1.165, 1.54) is 28.2 Å². The Morgan fingerprint density at radius 3 is 2.30 bits per heavy atom. The van der Waals surface area contributed by atoms with E-state index < -0.39 is 0 Å². The van der Waals surface area contributed by atoms with Crippen molar-refractivity contribution in [2.45, 2.75) is 20.5 Å². The largest absolute Gasteiger partial charge is 0.489 e. The third-order valence-electron chi connectivity index (χ3n) is 5.40. The van der Waals surface area contributed by atoms with E-state index in [1.54, 1.807) is 0 Å². The van der Waals surface area contributed by atoms with Gasteiger partial charge < -0.3 is 14.5 Å². The summed E-state index contributed by atoms with van der Waals surface area (Å²) < 4.78 is 5.96. The van der Waals surface area contributed by atoms with Crippen molar-refractivity contribution >= 4 is 34.5 Å². The molecular formula is C23H24N2O3S2. The van der Waals surface area contributed by atoms with Gasteiger partial charge >= 0.3 is 0 Å². The van der Waals surface area contributed by atoms with Crippen LogP contribution in [0.4, 0.5) is 0 Å². The van der Waals surface area contributed by atoms with E-state index in [2.05, 4.69) is 19.9 Å². The quantitative estimate of drug-likeness (QED) is 0.582. The molecule has 156 valence electrons. The second-order valence-electron chi connectivity index (χ2n) is 7.37. The van der Waals surface area contributed by atoms with Crippen LogP contribution in [0.5, 0.6) is 5.75 Å². The van der Waals surface area contributed by atoms with Crippen molar-refractivity contribution in [3.8, 4) is 5.75 Å². The van der Waals surface area contributed by atoms with Crippen molar-refractivity contribution in [3.63, 3.8) is 0 Å². The average Bonchev–Trinajstić information content (AvgIpc) is 3.46. The summed E-state index contributed by atoms with van der Waals surface area (Å²) in [6.45, 7) is 6.81. The van der Waals surface area contributed by atoms with Crippen molar-refractivity contribution in [3.05, 3.63) is 73.6 Å². The van der Waals surface area contributed by atoms with Crippen molar-refractivity contribution in [1.82, 2.24) is 9.80 Å². The van der Waals surface area contributed by atoms with Gasteiger partial charge in [-0.15, -0.1) is 22.7 Å². The fourth-order valence-electron chi connectivity index (χ4n) is 3.43. The minimum absolute atomic E-state index is 0.0289. The molecule has 1 fully saturated rings. The minimum Gasteiger partial charge on any atom is -0.489 e. The third-order valence-corrected chi connectivity index (χ3v) is 7.22. The molecule has 1 saturated heterocycles. The van der Waals surface area contributed by atoms with Gasteiger partial charge in [0.1, 0.15) is 12.4 Å². The van der Waals surface area contributed by atoms with E-state index in [4.69, 9.17) is 4.74 Å². The fraction of sp³-hybridized carbons (Fsp3) is 0.304. The number of thiophene rings is 2. The van der Waals surface area contributed by atoms with E-state index in [9.17, 15) is 9.59 Å². The first-order valence-corrected chi connectivity index (χ1v) is 11.7. The summed E-state index contributed by atoms with van der Waals surface area (Å²) in [6.07, 6.45) is 0. The van der Waals surface area contributed by atoms with Crippen LogP contribution in [-0.2, 0) is 6.61 Å². The van der Waals surface area contributed by atoms with Crippen molar-refractivity contribution < 1.29 is 14.3 Å². The molecule has 3 aromatic rings. The Balaban J connectivity index is 1.32. The van der Waals surface area contributed by atoms with E-state index >= 15 is 0 Å². The summed E-state index contributed by atoms with van der Waals surface area (Å²) >= 11 is 2.90. The summed E-state index contributed by atoms with van der Waals surface area (Å²) in [5.41, 5.74) is 3.33. The van der Waals surface area contributed by atoms with E-state index in [0.717, 1.165) is 21.8 Å². The first-order chi connectivity index (χ1) is 14.5. The van der Waals surface area contributed by atoms with E-state index in [-0.39, 0.29) is 11.8 Å². The van der Waals surface area contributed by atoms with Gasteiger partial charge in [0, 0.05) is 31.7 Å². The normalized spacial score (nSPS) is 14.1. The maximum atomic E-state index is 12.9. The topological polar surface area (TPSA) is 49.9 Å². The molecule has 1 aromatic carbocycles. The molecule has 1 aliphatic rings. The molecule has 2 aromatic heterocycles. The second-order valence-corrected chi connectivity index (χ2v) is 9.23. The molecular weight excluding hydrogens is 416 g/mol. The highest BCUT2D eigenvalue weighted by atomic mass is 32.1. The molecule has 30 heavy (non-hydrogen) atoms. The Morgan fingerprint density at radius 2 is 1.63 bits per heavy atom. The second kappa shape index (κ2) is 9.02. The third kappa shape index (κ3) is 4.42. The van der Waals surface area contributed by atoms with E-state index in [1.807, 2.05) is 50.9 Å². The molecule has 2 amide bonds. The maximum Gasteiger partial charge on any atom is 0.264 e. The zero-order valence-electron chi connectivity index (χ0n) is 17.1. The first kappa shape index (κ1) is 20.6. The SMILES string of the molecule is Cc1cccc(OCc2csc(C(=O)N3CCN(C(=O)c4cccs4)CC3)c2)c1C. The lowest BCUT2D eigenvalue weighted by Gasteiger charge is -2.34. The molecule has 1 aliphatic heterocycles. The molecule has 0 unspecified atom stereocenters. The smallest absolute Gasteiger partial charge is 0.264 e. The Bertz CT molecular complexity index is 1030. The number of amides is 2. The number of hydrogen-bond acceptors (Lipinski definition) is 5. The summed E-state index contributed by atoms with van der Waals surface area (Å²) in [7, 11) is 0. The lowest BCUT2D eigenvalue weighted by Crippen LogP contribution is -2.50. The number of nitrogens with zero attached hydrogens (tertiary/aromatic N) is 2. The van der Waals surface area contributed by atoms with Crippen molar-refractivity contribution in [2.75, 3.05) is 26.2 Å². The highest BCUT2D eigenvalue weighted by molar-refractivity contribution is 7.12. The fourth-order valence-corrected chi connectivity index (χ4v) is 4.98. The lowest BCUT2D eigenvalue weighted by molar-refractivity contribution is 0.0540. The number of carbonyl (C=O) groups is 2. The Kier molecular flexibility index (Phi) is 6.20. The summed E-state index contributed by atoms with van der Waals surface area (Å²) in [5, 5.41) is 3.89. The van der Waals surface area contributed by atoms with Gasteiger partial charge in [-0.3, -0.25) is 9.59 Å². The molecule has 0 saturated carbocycles. The lowest BCUT2D eigenvalue weighted by atomic mass is 10.1. The molecule has 0 atom stereocenters. The predicted octanol–water partition coefficient (Wildman–Crippen LogP) is 4.60. The molecule has 3 heterocycles. The standard InChI is InChI=1S/C23H24N2O3S2/c1-16-5-3-6-19(17(16)2)28-14-18-13-21(30-15-18)23(27)25-10-8-24(9-11-25)22(26)20-7-4-12-29-20/h3-7,12-13,15H,8-11,14H2,1-2H3. The first-order valence-electron chi connectivity index (χ1n) is 9.91. The van der Waals surface area contributed by atoms with Gasteiger partial charge in [0.15, 0.2) is 0 Å². The zero-order chi connectivity index (χ0) is 21.1. The summed E-state index contributed by atoms with van der Waals surface area (Å²) in [6, 6.07) is 11.7. The van der Waals surface area contributed by atoms with E-state index in [0.29, 0.717) is 37.7 Å². The molecule has 0 aliphatic carbocycles. The maximum absolute atomic E-state index is 12.9. The molecule has 0 radical (unpaired) electrons. The molecule has 0 spiro atoms. The van der Waals surface area contributed by atoms with Gasteiger partial charge in [0.25, 0.3) is 11.8 Å². The van der Waals surface area contributed by atoms with Crippen molar-refractivity contribution in [2.24, 2.45) is 0 Å². The van der Waals surface area contributed by atoms with Crippen molar-refractivity contribution in [1.29, 1.82) is 0 Å². The Hall–Kier alpha value is -2.64. The molecule has 7 heteroatoms. The van der Waals surface area contributed by atoms with Gasteiger partial charge in [-0.05, 0) is 53.9 Å². The monoisotopic (exact) mass is 440 g/mol. The number of aryl methyl sites for hydroxylation is 1. The Labute approximate surface area is 184 Å². The van der Waals surface area contributed by atoms with Gasteiger partial charge in [0.05, 0.1) is 9.75 Å². The number of hydrogen-bond donors (Lipinski definition) is 0. The van der Waals surface area contributed by atoms with Gasteiger partial charge in [-0.1, -0.05) is 18.2 Å². The van der Waals surface area contributed by atoms with Crippen LogP contribution < -0.4 is 4.74 Å². The van der Waals surface area contributed by atoms with Gasteiger partial charge in [0.2, 0.25) is 0 Å². The minimum atomic E-state index is 0.0289. The Morgan fingerprint density at radius 1 is 0.933 bits per heavy atom. The van der Waals surface area contributed by atoms with Crippen LogP contribution in [0.2, 0.25) is 0 Å².